The van der Waals surface area contributed by atoms with Crippen molar-refractivity contribution in [2.24, 2.45) is 0 Å². The normalized spacial score (nSPS) is 10.4. The summed E-state index contributed by atoms with van der Waals surface area (Å²) in [5, 5.41) is 1.11. The van der Waals surface area contributed by atoms with Crippen LogP contribution in [0.15, 0.2) is 30.6 Å². The first kappa shape index (κ1) is 7.22. The molecule has 0 aliphatic heterocycles. The standard InChI is InChI=1S/C10H9N2/c1-2-8-5-7-12-10-9(8)4-3-6-11-10/h2-7H,1H3. The Balaban J connectivity index is 2.79. The van der Waals surface area contributed by atoms with E-state index in [-0.39, 0.29) is 0 Å². The van der Waals surface area contributed by atoms with Gasteiger partial charge in [0, 0.05) is 17.8 Å². The Bertz CT molecular complexity index is 390. The summed E-state index contributed by atoms with van der Waals surface area (Å²) in [5.41, 5.74) is 2.00. The summed E-state index contributed by atoms with van der Waals surface area (Å²) >= 11 is 0. The van der Waals surface area contributed by atoms with Crippen molar-refractivity contribution in [1.29, 1.82) is 0 Å². The molecule has 2 nitrogen and oxygen atoms in total. The smallest absolute Gasteiger partial charge is 0.159 e. The molecule has 0 aliphatic rings. The van der Waals surface area contributed by atoms with Gasteiger partial charge in [-0.2, -0.15) is 0 Å². The summed E-state index contributed by atoms with van der Waals surface area (Å²) < 4.78 is 0. The molecule has 0 bridgehead atoms. The molecular formula is C10H9N2. The Morgan fingerprint density at radius 3 is 2.83 bits per heavy atom. The molecule has 59 valence electrons. The van der Waals surface area contributed by atoms with Crippen LogP contribution in [0.2, 0.25) is 0 Å². The van der Waals surface area contributed by atoms with Crippen LogP contribution in [0.3, 0.4) is 0 Å². The number of aromatic nitrogens is 2. The van der Waals surface area contributed by atoms with E-state index in [1.807, 2.05) is 25.1 Å². The third kappa shape index (κ3) is 1.05. The maximum absolute atomic E-state index is 4.16. The molecule has 1 radical (unpaired) electrons. The molecule has 2 rings (SSSR count). The van der Waals surface area contributed by atoms with E-state index in [1.165, 1.54) is 5.56 Å². The van der Waals surface area contributed by atoms with Crippen LogP contribution >= 0.6 is 0 Å². The highest BCUT2D eigenvalue weighted by Gasteiger charge is 1.98. The molecule has 0 spiro atoms. The molecule has 2 aromatic rings. The van der Waals surface area contributed by atoms with Gasteiger partial charge in [-0.25, -0.2) is 9.97 Å². The first-order valence-electron chi connectivity index (χ1n) is 3.91. The largest absolute Gasteiger partial charge is 0.237 e. The van der Waals surface area contributed by atoms with Crippen LogP contribution in [-0.2, 0) is 0 Å². The van der Waals surface area contributed by atoms with Gasteiger partial charge in [-0.15, -0.1) is 0 Å². The molecule has 0 fully saturated rings. The lowest BCUT2D eigenvalue weighted by atomic mass is 10.1. The van der Waals surface area contributed by atoms with E-state index < -0.39 is 0 Å². The van der Waals surface area contributed by atoms with Gasteiger partial charge in [-0.05, 0) is 30.2 Å². The van der Waals surface area contributed by atoms with E-state index >= 15 is 0 Å². The zero-order chi connectivity index (χ0) is 8.39. The highest BCUT2D eigenvalue weighted by Crippen LogP contribution is 2.14. The van der Waals surface area contributed by atoms with E-state index in [1.54, 1.807) is 12.4 Å². The van der Waals surface area contributed by atoms with Crippen molar-refractivity contribution >= 4 is 11.0 Å². The van der Waals surface area contributed by atoms with Gasteiger partial charge in [-0.1, -0.05) is 6.92 Å². The van der Waals surface area contributed by atoms with Gasteiger partial charge in [-0.3, -0.25) is 0 Å². The van der Waals surface area contributed by atoms with Crippen molar-refractivity contribution in [2.45, 2.75) is 6.92 Å². The fourth-order valence-corrected chi connectivity index (χ4v) is 1.25. The van der Waals surface area contributed by atoms with Gasteiger partial charge in [0.2, 0.25) is 0 Å². The summed E-state index contributed by atoms with van der Waals surface area (Å²) in [6, 6.07) is 5.95. The van der Waals surface area contributed by atoms with Crippen molar-refractivity contribution in [1.82, 2.24) is 9.97 Å². The topological polar surface area (TPSA) is 25.8 Å². The summed E-state index contributed by atoms with van der Waals surface area (Å²) in [6.45, 7) is 2.02. The van der Waals surface area contributed by atoms with Crippen molar-refractivity contribution in [3.63, 3.8) is 0 Å². The molecule has 0 amide bonds. The Hall–Kier alpha value is -1.44. The third-order valence-electron chi connectivity index (χ3n) is 1.86. The molecule has 0 aliphatic carbocycles. The van der Waals surface area contributed by atoms with Gasteiger partial charge >= 0.3 is 0 Å². The van der Waals surface area contributed by atoms with Crippen LogP contribution in [0, 0.1) is 6.42 Å². The highest BCUT2D eigenvalue weighted by molar-refractivity contribution is 5.79. The Kier molecular flexibility index (Phi) is 1.74. The van der Waals surface area contributed by atoms with E-state index in [9.17, 15) is 0 Å². The lowest BCUT2D eigenvalue weighted by Gasteiger charge is -2.00. The SMILES string of the molecule is C[CH]c1ccnc2ncccc12. The second-order valence-corrected chi connectivity index (χ2v) is 2.56. The number of hydrogen-bond acceptors (Lipinski definition) is 2. The summed E-state index contributed by atoms with van der Waals surface area (Å²) in [7, 11) is 0. The third-order valence-corrected chi connectivity index (χ3v) is 1.86. The summed E-state index contributed by atoms with van der Waals surface area (Å²) in [5.74, 6) is 0. The van der Waals surface area contributed by atoms with Gasteiger partial charge < -0.3 is 0 Å². The molecule has 12 heavy (non-hydrogen) atoms. The zero-order valence-corrected chi connectivity index (χ0v) is 6.86. The second kappa shape index (κ2) is 2.89. The molecule has 0 unspecified atom stereocenters. The Morgan fingerprint density at radius 1 is 1.17 bits per heavy atom. The number of hydrogen-bond donors (Lipinski definition) is 0. The lowest BCUT2D eigenvalue weighted by molar-refractivity contribution is 1.27. The van der Waals surface area contributed by atoms with Crippen molar-refractivity contribution in [3.05, 3.63) is 42.6 Å². The molecule has 2 heterocycles. The van der Waals surface area contributed by atoms with Crippen LogP contribution in [-0.4, -0.2) is 9.97 Å². The van der Waals surface area contributed by atoms with Gasteiger partial charge in [0.05, 0.1) is 0 Å². The van der Waals surface area contributed by atoms with Gasteiger partial charge in [0.1, 0.15) is 0 Å². The Labute approximate surface area is 71.3 Å². The number of fused-ring (bicyclic) bond motifs is 1. The molecular weight excluding hydrogens is 148 g/mol. The fraction of sp³-hybridized carbons (Fsp3) is 0.100. The number of rotatable bonds is 1. The lowest BCUT2D eigenvalue weighted by Crippen LogP contribution is -1.86. The number of pyridine rings is 2. The first-order valence-corrected chi connectivity index (χ1v) is 3.91. The van der Waals surface area contributed by atoms with Crippen molar-refractivity contribution in [3.8, 4) is 0 Å². The predicted molar refractivity (Wildman–Crippen MR) is 48.6 cm³/mol. The number of nitrogens with zero attached hydrogens (tertiary/aromatic N) is 2. The van der Waals surface area contributed by atoms with Crippen LogP contribution in [0.5, 0.6) is 0 Å². The van der Waals surface area contributed by atoms with Crippen molar-refractivity contribution in [2.75, 3.05) is 0 Å². The minimum absolute atomic E-state index is 0.813. The molecule has 0 atom stereocenters. The highest BCUT2D eigenvalue weighted by atomic mass is 14.8. The summed E-state index contributed by atoms with van der Waals surface area (Å²) in [4.78, 5) is 8.32. The van der Waals surface area contributed by atoms with Crippen LogP contribution in [0.1, 0.15) is 12.5 Å². The zero-order valence-electron chi connectivity index (χ0n) is 6.86. The van der Waals surface area contributed by atoms with E-state index in [4.69, 9.17) is 0 Å². The summed E-state index contributed by atoms with van der Waals surface area (Å²) in [6.07, 6.45) is 5.60. The van der Waals surface area contributed by atoms with E-state index in [0.717, 1.165) is 11.0 Å². The van der Waals surface area contributed by atoms with Gasteiger partial charge in [0.25, 0.3) is 0 Å². The van der Waals surface area contributed by atoms with Crippen LogP contribution in [0.4, 0.5) is 0 Å². The first-order chi connectivity index (χ1) is 5.92. The quantitative estimate of drug-likeness (QED) is 0.634. The average molecular weight is 157 g/mol. The molecule has 0 saturated heterocycles. The molecule has 0 aromatic carbocycles. The maximum Gasteiger partial charge on any atom is 0.159 e. The van der Waals surface area contributed by atoms with E-state index in [0.29, 0.717) is 0 Å². The Morgan fingerprint density at radius 2 is 2.00 bits per heavy atom. The monoisotopic (exact) mass is 157 g/mol. The van der Waals surface area contributed by atoms with Crippen LogP contribution in [0.25, 0.3) is 11.0 Å². The molecule has 0 N–H and O–H groups in total. The van der Waals surface area contributed by atoms with Crippen molar-refractivity contribution < 1.29 is 0 Å². The molecule has 0 saturated carbocycles. The average Bonchev–Trinajstić information content (AvgIpc) is 2.17. The molecule has 2 aromatic heterocycles. The van der Waals surface area contributed by atoms with E-state index in [2.05, 4.69) is 16.4 Å². The minimum Gasteiger partial charge on any atom is -0.237 e. The van der Waals surface area contributed by atoms with Gasteiger partial charge in [0.15, 0.2) is 5.65 Å². The minimum atomic E-state index is 0.813. The second-order valence-electron chi connectivity index (χ2n) is 2.56. The molecule has 2 heteroatoms. The van der Waals surface area contributed by atoms with Crippen LogP contribution < -0.4 is 0 Å². The predicted octanol–water partition coefficient (Wildman–Crippen LogP) is 2.20. The fourth-order valence-electron chi connectivity index (χ4n) is 1.25. The maximum atomic E-state index is 4.16.